The van der Waals surface area contributed by atoms with Gasteiger partial charge in [0.1, 0.15) is 17.2 Å². The third-order valence-corrected chi connectivity index (χ3v) is 4.58. The van der Waals surface area contributed by atoms with Gasteiger partial charge in [0.2, 0.25) is 0 Å². The van der Waals surface area contributed by atoms with Gasteiger partial charge in [0.25, 0.3) is 17.5 Å². The number of ether oxygens (including phenoxy) is 2. The Hall–Kier alpha value is -4.66. The number of nitro groups is 1. The molecule has 168 valence electrons. The maximum absolute atomic E-state index is 13.1. The smallest absolute Gasteiger partial charge is 0.272 e. The van der Waals surface area contributed by atoms with Gasteiger partial charge < -0.3 is 20.1 Å². The first-order valence-corrected chi connectivity index (χ1v) is 9.77. The summed E-state index contributed by atoms with van der Waals surface area (Å²) >= 11 is 0. The van der Waals surface area contributed by atoms with E-state index in [0.717, 1.165) is 0 Å². The molecular formula is C24H21N3O6. The monoisotopic (exact) mass is 447 g/mol. The molecule has 0 aliphatic rings. The lowest BCUT2D eigenvalue weighted by atomic mass is 10.1. The van der Waals surface area contributed by atoms with Gasteiger partial charge in [-0.05, 0) is 36.4 Å². The van der Waals surface area contributed by atoms with Crippen molar-refractivity contribution in [2.24, 2.45) is 0 Å². The molecule has 0 heterocycles. The highest BCUT2D eigenvalue weighted by molar-refractivity contribution is 6.11. The number of benzene rings is 3. The van der Waals surface area contributed by atoms with Crippen molar-refractivity contribution in [3.8, 4) is 11.5 Å². The zero-order valence-electron chi connectivity index (χ0n) is 17.9. The van der Waals surface area contributed by atoms with E-state index in [1.54, 1.807) is 42.5 Å². The van der Waals surface area contributed by atoms with E-state index in [9.17, 15) is 19.7 Å². The zero-order valence-corrected chi connectivity index (χ0v) is 17.9. The lowest BCUT2D eigenvalue weighted by Gasteiger charge is -2.13. The second kappa shape index (κ2) is 10.6. The van der Waals surface area contributed by atoms with Crippen LogP contribution in [0.3, 0.4) is 0 Å². The van der Waals surface area contributed by atoms with E-state index in [1.165, 1.54) is 50.6 Å². The number of nitrogens with zero attached hydrogens (tertiary/aromatic N) is 1. The molecule has 0 atom stereocenters. The van der Waals surface area contributed by atoms with Crippen molar-refractivity contribution in [2.45, 2.75) is 0 Å². The molecule has 0 saturated carbocycles. The third kappa shape index (κ3) is 5.95. The van der Waals surface area contributed by atoms with Crippen LogP contribution in [0.15, 0.2) is 78.5 Å². The van der Waals surface area contributed by atoms with Gasteiger partial charge in [-0.3, -0.25) is 19.7 Å². The topological polar surface area (TPSA) is 120 Å². The highest BCUT2D eigenvalue weighted by atomic mass is 16.6. The molecule has 0 spiro atoms. The molecule has 0 bridgehead atoms. The predicted molar refractivity (Wildman–Crippen MR) is 123 cm³/mol. The Morgan fingerprint density at radius 1 is 0.939 bits per heavy atom. The maximum Gasteiger partial charge on any atom is 0.272 e. The molecule has 3 aromatic carbocycles. The van der Waals surface area contributed by atoms with Gasteiger partial charge >= 0.3 is 0 Å². The van der Waals surface area contributed by atoms with E-state index in [4.69, 9.17) is 9.47 Å². The summed E-state index contributed by atoms with van der Waals surface area (Å²) in [6.45, 7) is 0. The first-order valence-electron chi connectivity index (χ1n) is 9.77. The van der Waals surface area contributed by atoms with E-state index in [1.807, 2.05) is 0 Å². The van der Waals surface area contributed by atoms with Gasteiger partial charge in [-0.2, -0.15) is 0 Å². The third-order valence-electron chi connectivity index (χ3n) is 4.58. The average molecular weight is 447 g/mol. The average Bonchev–Trinajstić information content (AvgIpc) is 2.84. The number of rotatable bonds is 8. The Balaban J connectivity index is 1.95. The molecule has 0 saturated heterocycles. The van der Waals surface area contributed by atoms with Crippen molar-refractivity contribution in [2.75, 3.05) is 19.5 Å². The van der Waals surface area contributed by atoms with Gasteiger partial charge in [-0.1, -0.05) is 30.3 Å². The van der Waals surface area contributed by atoms with Gasteiger partial charge in [0.05, 0.1) is 19.1 Å². The summed E-state index contributed by atoms with van der Waals surface area (Å²) in [6.07, 6.45) is 1.46. The summed E-state index contributed by atoms with van der Waals surface area (Å²) in [7, 11) is 2.97. The van der Waals surface area contributed by atoms with Crippen molar-refractivity contribution >= 4 is 29.3 Å². The number of amides is 2. The molecule has 9 nitrogen and oxygen atoms in total. The molecule has 0 aromatic heterocycles. The largest absolute Gasteiger partial charge is 0.497 e. The molecule has 9 heteroatoms. The Morgan fingerprint density at radius 3 is 2.42 bits per heavy atom. The number of para-hydroxylation sites is 1. The van der Waals surface area contributed by atoms with Crippen LogP contribution in [-0.2, 0) is 4.79 Å². The van der Waals surface area contributed by atoms with Crippen LogP contribution in [0.5, 0.6) is 11.5 Å². The fraction of sp³-hybridized carbons (Fsp3) is 0.0833. The van der Waals surface area contributed by atoms with Crippen molar-refractivity contribution < 1.29 is 24.0 Å². The molecule has 0 radical (unpaired) electrons. The first kappa shape index (κ1) is 23.0. The van der Waals surface area contributed by atoms with Gasteiger partial charge in [-0.25, -0.2) is 0 Å². The summed E-state index contributed by atoms with van der Waals surface area (Å²) in [6, 6.07) is 18.9. The van der Waals surface area contributed by atoms with E-state index in [-0.39, 0.29) is 22.6 Å². The van der Waals surface area contributed by atoms with Crippen LogP contribution in [0.1, 0.15) is 15.9 Å². The fourth-order valence-electron chi connectivity index (χ4n) is 2.95. The minimum absolute atomic E-state index is 0.0844. The molecule has 2 amide bonds. The quantitative estimate of drug-likeness (QED) is 0.306. The van der Waals surface area contributed by atoms with Crippen LogP contribution >= 0.6 is 0 Å². The SMILES string of the molecule is COc1cccc(C(=O)N/C(=C\c2ccccc2OC)C(=O)Nc2cccc([N+](=O)[O-])c2)c1. The molecule has 0 aliphatic carbocycles. The molecular weight excluding hydrogens is 426 g/mol. The van der Waals surface area contributed by atoms with E-state index in [0.29, 0.717) is 17.1 Å². The summed E-state index contributed by atoms with van der Waals surface area (Å²) < 4.78 is 10.5. The fourth-order valence-corrected chi connectivity index (χ4v) is 2.95. The van der Waals surface area contributed by atoms with Gasteiger partial charge in [0, 0.05) is 28.9 Å². The van der Waals surface area contributed by atoms with E-state index < -0.39 is 16.7 Å². The molecule has 0 aliphatic heterocycles. The Bertz CT molecular complexity index is 1220. The number of methoxy groups -OCH3 is 2. The summed E-state index contributed by atoms with van der Waals surface area (Å²) in [5.74, 6) is -0.227. The molecule has 0 fully saturated rings. The number of hydrogen-bond acceptors (Lipinski definition) is 6. The van der Waals surface area contributed by atoms with Gasteiger partial charge in [0.15, 0.2) is 0 Å². The number of non-ortho nitro benzene ring substituents is 1. The maximum atomic E-state index is 13.1. The number of carbonyl (C=O) groups is 2. The Kier molecular flexibility index (Phi) is 7.38. The van der Waals surface area contributed by atoms with Crippen molar-refractivity contribution in [3.63, 3.8) is 0 Å². The second-order valence-corrected chi connectivity index (χ2v) is 6.75. The Morgan fingerprint density at radius 2 is 1.70 bits per heavy atom. The van der Waals surface area contributed by atoms with Crippen LogP contribution in [0, 0.1) is 10.1 Å². The van der Waals surface area contributed by atoms with E-state index in [2.05, 4.69) is 10.6 Å². The lowest BCUT2D eigenvalue weighted by molar-refractivity contribution is -0.384. The minimum atomic E-state index is -0.669. The van der Waals surface area contributed by atoms with Crippen molar-refractivity contribution in [1.29, 1.82) is 0 Å². The van der Waals surface area contributed by atoms with Crippen LogP contribution in [0.25, 0.3) is 6.08 Å². The number of carbonyl (C=O) groups excluding carboxylic acids is 2. The molecule has 33 heavy (non-hydrogen) atoms. The molecule has 3 rings (SSSR count). The Labute approximate surface area is 189 Å². The number of nitrogens with one attached hydrogen (secondary N) is 2. The normalized spacial score (nSPS) is 10.8. The second-order valence-electron chi connectivity index (χ2n) is 6.75. The number of anilines is 1. The minimum Gasteiger partial charge on any atom is -0.497 e. The lowest BCUT2D eigenvalue weighted by Crippen LogP contribution is -2.30. The van der Waals surface area contributed by atoms with Crippen LogP contribution in [0.4, 0.5) is 11.4 Å². The highest BCUT2D eigenvalue weighted by Crippen LogP contribution is 2.22. The van der Waals surface area contributed by atoms with Crippen LogP contribution in [-0.4, -0.2) is 31.0 Å². The van der Waals surface area contributed by atoms with Crippen LogP contribution in [0.2, 0.25) is 0 Å². The summed E-state index contributed by atoms with van der Waals surface area (Å²) in [4.78, 5) is 36.4. The molecule has 0 unspecified atom stereocenters. The highest BCUT2D eigenvalue weighted by Gasteiger charge is 2.17. The van der Waals surface area contributed by atoms with Gasteiger partial charge in [-0.15, -0.1) is 0 Å². The van der Waals surface area contributed by atoms with Crippen LogP contribution < -0.4 is 20.1 Å². The summed E-state index contributed by atoms with van der Waals surface area (Å²) in [5, 5.41) is 16.2. The predicted octanol–water partition coefficient (Wildman–Crippen LogP) is 4.02. The summed E-state index contributed by atoms with van der Waals surface area (Å²) in [5.41, 5.74) is 0.775. The molecule has 2 N–H and O–H groups in total. The van der Waals surface area contributed by atoms with Crippen molar-refractivity contribution in [1.82, 2.24) is 5.32 Å². The van der Waals surface area contributed by atoms with Crippen molar-refractivity contribution in [3.05, 3.63) is 99.7 Å². The van der Waals surface area contributed by atoms with E-state index >= 15 is 0 Å². The zero-order chi connectivity index (χ0) is 23.8. The standard InChI is InChI=1S/C24H21N3O6/c1-32-20-11-5-8-17(13-20)23(28)26-21(14-16-7-3-4-12-22(16)33-2)24(29)25-18-9-6-10-19(15-18)27(30)31/h3-15H,1-2H3,(H,25,29)(H,26,28)/b21-14-. The number of hydrogen-bond donors (Lipinski definition) is 2. The number of nitro benzene ring substituents is 1. The molecule has 3 aromatic rings. The first-order chi connectivity index (χ1) is 15.9.